The molecule has 3 heterocycles. The molecule has 0 spiro atoms. The van der Waals surface area contributed by atoms with Crippen molar-refractivity contribution >= 4 is 23.5 Å². The van der Waals surface area contributed by atoms with E-state index in [0.717, 1.165) is 18.4 Å². The van der Waals surface area contributed by atoms with Crippen LogP contribution in [0.2, 0.25) is 0 Å². The maximum atomic E-state index is 14.4. The quantitative estimate of drug-likeness (QED) is 0.418. The predicted molar refractivity (Wildman–Crippen MR) is 151 cm³/mol. The van der Waals surface area contributed by atoms with E-state index in [2.05, 4.69) is 4.98 Å². The van der Waals surface area contributed by atoms with E-state index in [1.807, 2.05) is 19.9 Å². The Hall–Kier alpha value is -3.24. The first kappa shape index (κ1) is 28.5. The van der Waals surface area contributed by atoms with Gasteiger partial charge in [0.15, 0.2) is 0 Å². The number of carbonyl (C=O) groups is 3. The highest BCUT2D eigenvalue weighted by atomic mass is 16.5. The van der Waals surface area contributed by atoms with Crippen LogP contribution in [0, 0.1) is 34.0 Å². The number of hydrogen-bond acceptors (Lipinski definition) is 9. The van der Waals surface area contributed by atoms with Gasteiger partial charge in [0.1, 0.15) is 35.6 Å². The summed E-state index contributed by atoms with van der Waals surface area (Å²) in [5.74, 6) is -2.10. The maximum absolute atomic E-state index is 14.4. The normalized spacial score (nSPS) is 41.0. The maximum Gasteiger partial charge on any atom is 0.309 e. The second-order valence-corrected chi connectivity index (χ2v) is 14.3. The molecule has 1 aromatic heterocycles. The zero-order chi connectivity index (χ0) is 30.5. The number of nitrogens with zero attached hydrogens (tertiary/aromatic N) is 1. The Bertz CT molecular complexity index is 1450. The van der Waals surface area contributed by atoms with Gasteiger partial charge in [-0.3, -0.25) is 19.4 Å². The van der Waals surface area contributed by atoms with Crippen molar-refractivity contribution in [2.24, 2.45) is 34.0 Å². The number of fused-ring (bicyclic) bond motifs is 3. The van der Waals surface area contributed by atoms with Crippen molar-refractivity contribution in [3.8, 4) is 0 Å². The molecule has 2 aliphatic heterocycles. The van der Waals surface area contributed by atoms with Crippen molar-refractivity contribution in [2.75, 3.05) is 6.61 Å². The second kappa shape index (κ2) is 9.38. The molecule has 4 saturated carbocycles. The van der Waals surface area contributed by atoms with E-state index < -0.39 is 58.0 Å². The first-order valence-corrected chi connectivity index (χ1v) is 15.3. The van der Waals surface area contributed by atoms with Crippen LogP contribution in [-0.4, -0.2) is 68.5 Å². The number of ether oxygens (including phenoxy) is 3. The first-order valence-electron chi connectivity index (χ1n) is 15.3. The standard InChI is InChI=1S/C33H39NO9/c1-30(16-33(8-9-33)29(39)40)22-12-24(36)32(3)27(31(22,2)23(35)13-25(30)42-28(38)17-6-7-17)26(37)19-15-41-20(11-21(19)43-32)18-5-4-10-34-14-18/h4-5,10-11,14,17,22,24-27,36-37H,6-9,12-13,15-16H2,1-3H3,(H,39,40)/t22-,24+,25+,26+,27-,30-,31-,32-/m1/s1. The lowest BCUT2D eigenvalue weighted by Crippen LogP contribution is -2.73. The van der Waals surface area contributed by atoms with Gasteiger partial charge in [-0.25, -0.2) is 0 Å². The lowest BCUT2D eigenvalue weighted by Gasteiger charge is -2.66. The number of rotatable bonds is 6. The number of carboxylic acids is 1. The molecule has 230 valence electrons. The number of hydrogen-bond donors (Lipinski definition) is 3. The summed E-state index contributed by atoms with van der Waals surface area (Å²) in [5.41, 5.74) is -3.19. The largest absolute Gasteiger partial charge is 0.488 e. The first-order chi connectivity index (χ1) is 20.3. The van der Waals surface area contributed by atoms with Gasteiger partial charge in [0.05, 0.1) is 23.5 Å². The van der Waals surface area contributed by atoms with Crippen molar-refractivity contribution in [2.45, 2.75) is 89.6 Å². The summed E-state index contributed by atoms with van der Waals surface area (Å²) in [7, 11) is 0. The summed E-state index contributed by atoms with van der Waals surface area (Å²) in [4.78, 5) is 43.8. The average Bonchev–Trinajstić information content (AvgIpc) is 3.89. The SMILES string of the molecule is C[C@]1(CC2(C(=O)O)CC2)[C@@H](OC(=O)C2CC2)CC(=O)[C@@]2(C)[C@@H]1C[C@H](O)[C@@]1(C)OC3=C(COC(c4cccnc4)=C3)[C@H](O)[C@@H]12. The molecule has 43 heavy (non-hydrogen) atoms. The molecule has 6 aliphatic rings. The molecule has 7 rings (SSSR count). The van der Waals surface area contributed by atoms with Crippen LogP contribution in [0.1, 0.15) is 71.3 Å². The van der Waals surface area contributed by atoms with Gasteiger partial charge in [0.2, 0.25) is 0 Å². The summed E-state index contributed by atoms with van der Waals surface area (Å²) < 4.78 is 18.7. The minimum Gasteiger partial charge on any atom is -0.488 e. The molecule has 1 aromatic rings. The van der Waals surface area contributed by atoms with Crippen LogP contribution >= 0.6 is 0 Å². The fraction of sp³-hybridized carbons (Fsp3) is 0.636. The number of aliphatic hydroxyl groups is 2. The molecule has 8 atom stereocenters. The second-order valence-electron chi connectivity index (χ2n) is 14.3. The minimum atomic E-state index is -1.32. The van der Waals surface area contributed by atoms with Gasteiger partial charge in [-0.2, -0.15) is 0 Å². The van der Waals surface area contributed by atoms with Crippen LogP contribution in [-0.2, 0) is 28.6 Å². The van der Waals surface area contributed by atoms with Crippen molar-refractivity contribution in [1.29, 1.82) is 0 Å². The molecule has 3 N–H and O–H groups in total. The highest BCUT2D eigenvalue weighted by molar-refractivity contribution is 5.88. The molecular formula is C33H39NO9. The highest BCUT2D eigenvalue weighted by Crippen LogP contribution is 2.68. The lowest BCUT2D eigenvalue weighted by atomic mass is 9.41. The van der Waals surface area contributed by atoms with Crippen LogP contribution < -0.4 is 0 Å². The fourth-order valence-corrected chi connectivity index (χ4v) is 8.90. The third-order valence-corrected chi connectivity index (χ3v) is 11.7. The Morgan fingerprint density at radius 2 is 1.91 bits per heavy atom. The lowest BCUT2D eigenvalue weighted by molar-refractivity contribution is -0.261. The third kappa shape index (κ3) is 4.12. The van der Waals surface area contributed by atoms with E-state index in [1.54, 1.807) is 31.5 Å². The van der Waals surface area contributed by atoms with Gasteiger partial charge in [0, 0.05) is 52.8 Å². The Balaban J connectivity index is 1.30. The monoisotopic (exact) mass is 593 g/mol. The molecule has 0 amide bonds. The highest BCUT2D eigenvalue weighted by Gasteiger charge is 2.73. The summed E-state index contributed by atoms with van der Waals surface area (Å²) in [6.45, 7) is 5.52. The number of aliphatic hydroxyl groups excluding tert-OH is 2. The van der Waals surface area contributed by atoms with E-state index in [1.165, 1.54) is 0 Å². The van der Waals surface area contributed by atoms with Crippen molar-refractivity contribution in [1.82, 2.24) is 4.98 Å². The zero-order valence-electron chi connectivity index (χ0n) is 24.7. The average molecular weight is 594 g/mol. The number of aliphatic carboxylic acids is 1. The Kier molecular flexibility index (Phi) is 6.22. The van der Waals surface area contributed by atoms with Crippen molar-refractivity contribution in [3.05, 3.63) is 47.5 Å². The van der Waals surface area contributed by atoms with Gasteiger partial charge < -0.3 is 29.5 Å². The summed E-state index contributed by atoms with van der Waals surface area (Å²) in [6.07, 6.45) is 4.71. The van der Waals surface area contributed by atoms with Crippen LogP contribution in [0.4, 0.5) is 0 Å². The number of Topliss-reactive ketones (excluding diaryl/α,β-unsaturated/α-hetero) is 1. The zero-order valence-corrected chi connectivity index (χ0v) is 24.7. The number of carboxylic acid groups (broad SMARTS) is 1. The van der Waals surface area contributed by atoms with Crippen LogP contribution in [0.5, 0.6) is 0 Å². The van der Waals surface area contributed by atoms with E-state index >= 15 is 0 Å². The van der Waals surface area contributed by atoms with Gasteiger partial charge in [-0.15, -0.1) is 0 Å². The molecule has 0 saturated heterocycles. The molecule has 0 aromatic carbocycles. The molecule has 0 radical (unpaired) electrons. The molecule has 0 unspecified atom stereocenters. The van der Waals surface area contributed by atoms with E-state index in [4.69, 9.17) is 14.2 Å². The Labute approximate surface area is 250 Å². The number of aromatic nitrogens is 1. The number of allylic oxidation sites excluding steroid dienone is 1. The third-order valence-electron chi connectivity index (χ3n) is 11.7. The van der Waals surface area contributed by atoms with E-state index in [9.17, 15) is 29.7 Å². The molecule has 4 fully saturated rings. The van der Waals surface area contributed by atoms with Crippen LogP contribution in [0.15, 0.2) is 41.9 Å². The number of ketones is 1. The number of carbonyl (C=O) groups excluding carboxylic acids is 2. The van der Waals surface area contributed by atoms with Crippen molar-refractivity contribution < 1.29 is 43.9 Å². The van der Waals surface area contributed by atoms with Gasteiger partial charge in [0.25, 0.3) is 0 Å². The summed E-state index contributed by atoms with van der Waals surface area (Å²) >= 11 is 0. The fourth-order valence-electron chi connectivity index (χ4n) is 8.90. The van der Waals surface area contributed by atoms with E-state index in [-0.39, 0.29) is 43.5 Å². The molecule has 10 heteroatoms. The summed E-state index contributed by atoms with van der Waals surface area (Å²) in [6, 6.07) is 3.65. The topological polar surface area (TPSA) is 152 Å². The smallest absolute Gasteiger partial charge is 0.309 e. The van der Waals surface area contributed by atoms with E-state index in [0.29, 0.717) is 29.9 Å². The molecule has 10 nitrogen and oxygen atoms in total. The predicted octanol–water partition coefficient (Wildman–Crippen LogP) is 3.42. The van der Waals surface area contributed by atoms with Crippen LogP contribution in [0.25, 0.3) is 5.76 Å². The minimum absolute atomic E-state index is 0.0376. The Morgan fingerprint density at radius 3 is 2.53 bits per heavy atom. The van der Waals surface area contributed by atoms with Gasteiger partial charge >= 0.3 is 11.9 Å². The molecular weight excluding hydrogens is 554 g/mol. The number of pyridine rings is 1. The van der Waals surface area contributed by atoms with Gasteiger partial charge in [-0.05, 0) is 63.5 Å². The van der Waals surface area contributed by atoms with Gasteiger partial charge in [-0.1, -0.05) is 13.8 Å². The van der Waals surface area contributed by atoms with Crippen LogP contribution in [0.3, 0.4) is 0 Å². The Morgan fingerprint density at radius 1 is 1.16 bits per heavy atom. The number of esters is 1. The molecule has 4 aliphatic carbocycles. The molecule has 0 bridgehead atoms. The summed E-state index contributed by atoms with van der Waals surface area (Å²) in [5, 5.41) is 34.1. The van der Waals surface area contributed by atoms with Crippen molar-refractivity contribution in [3.63, 3.8) is 0 Å².